The van der Waals surface area contributed by atoms with Crippen molar-refractivity contribution in [3.05, 3.63) is 0 Å². The van der Waals surface area contributed by atoms with Gasteiger partial charge in [0.1, 0.15) is 0 Å². The maximum absolute atomic E-state index is 11.7. The van der Waals surface area contributed by atoms with Crippen LogP contribution in [0.1, 0.15) is 39.0 Å². The Bertz CT molecular complexity index is 184. The lowest BCUT2D eigenvalue weighted by molar-refractivity contribution is -0.133. The van der Waals surface area contributed by atoms with Crippen molar-refractivity contribution < 1.29 is 4.79 Å². The molecular weight excluding hydrogens is 198 g/mol. The van der Waals surface area contributed by atoms with Gasteiger partial charge in [0.05, 0.1) is 0 Å². The minimum atomic E-state index is 0.321. The SMILES string of the molecule is CC1CCCN(C(=O)CCCCCl)C1. The van der Waals surface area contributed by atoms with Gasteiger partial charge < -0.3 is 4.90 Å². The van der Waals surface area contributed by atoms with E-state index in [0.29, 0.717) is 24.1 Å². The fourth-order valence-electron chi connectivity index (χ4n) is 1.94. The van der Waals surface area contributed by atoms with Gasteiger partial charge in [-0.05, 0) is 31.6 Å². The smallest absolute Gasteiger partial charge is 0.222 e. The number of halogens is 1. The van der Waals surface area contributed by atoms with Crippen molar-refractivity contribution >= 4 is 17.5 Å². The van der Waals surface area contributed by atoms with Crippen LogP contribution in [0.3, 0.4) is 0 Å². The molecule has 0 bridgehead atoms. The zero-order valence-corrected chi connectivity index (χ0v) is 9.72. The Kier molecular flexibility index (Phi) is 5.31. The number of unbranched alkanes of at least 4 members (excludes halogenated alkanes) is 1. The van der Waals surface area contributed by atoms with Gasteiger partial charge in [0.25, 0.3) is 0 Å². The first-order valence-corrected chi connectivity index (χ1v) is 6.11. The molecule has 1 saturated heterocycles. The number of amides is 1. The van der Waals surface area contributed by atoms with Gasteiger partial charge in [0.2, 0.25) is 5.91 Å². The van der Waals surface area contributed by atoms with Gasteiger partial charge >= 0.3 is 0 Å². The molecule has 0 aromatic rings. The molecule has 0 N–H and O–H groups in total. The van der Waals surface area contributed by atoms with Crippen LogP contribution in [0.5, 0.6) is 0 Å². The number of carbonyl (C=O) groups is 1. The predicted molar refractivity (Wildman–Crippen MR) is 59.5 cm³/mol. The van der Waals surface area contributed by atoms with Gasteiger partial charge in [0, 0.05) is 25.4 Å². The predicted octanol–water partition coefficient (Wildman–Crippen LogP) is 2.65. The molecule has 0 aromatic heterocycles. The quantitative estimate of drug-likeness (QED) is 0.524. The topological polar surface area (TPSA) is 20.3 Å². The molecule has 1 atom stereocenters. The Morgan fingerprint density at radius 1 is 1.50 bits per heavy atom. The summed E-state index contributed by atoms with van der Waals surface area (Å²) in [4.78, 5) is 13.7. The molecule has 2 nitrogen and oxygen atoms in total. The number of hydrogen-bond acceptors (Lipinski definition) is 1. The fraction of sp³-hybridized carbons (Fsp3) is 0.909. The molecule has 1 rings (SSSR count). The molecule has 14 heavy (non-hydrogen) atoms. The summed E-state index contributed by atoms with van der Waals surface area (Å²) in [7, 11) is 0. The summed E-state index contributed by atoms with van der Waals surface area (Å²) in [5.41, 5.74) is 0. The average molecular weight is 218 g/mol. The van der Waals surface area contributed by atoms with E-state index in [-0.39, 0.29) is 0 Å². The summed E-state index contributed by atoms with van der Waals surface area (Å²) in [5, 5.41) is 0. The summed E-state index contributed by atoms with van der Waals surface area (Å²) in [5.74, 6) is 1.67. The zero-order chi connectivity index (χ0) is 10.4. The van der Waals surface area contributed by atoms with Crippen LogP contribution in [0, 0.1) is 5.92 Å². The molecule has 1 amide bonds. The van der Waals surface area contributed by atoms with E-state index in [2.05, 4.69) is 6.92 Å². The Labute approximate surface area is 91.6 Å². The molecule has 0 radical (unpaired) electrons. The summed E-state index contributed by atoms with van der Waals surface area (Å²) < 4.78 is 0. The van der Waals surface area contributed by atoms with Crippen molar-refractivity contribution in [2.75, 3.05) is 19.0 Å². The van der Waals surface area contributed by atoms with E-state index in [1.54, 1.807) is 0 Å². The van der Waals surface area contributed by atoms with Crippen molar-refractivity contribution in [3.63, 3.8) is 0 Å². The number of carbonyl (C=O) groups excluding carboxylic acids is 1. The molecular formula is C11H20ClNO. The molecule has 0 saturated carbocycles. The maximum atomic E-state index is 11.7. The second-order valence-electron chi connectivity index (χ2n) is 4.23. The van der Waals surface area contributed by atoms with Gasteiger partial charge in [-0.25, -0.2) is 0 Å². The lowest BCUT2D eigenvalue weighted by Crippen LogP contribution is -2.38. The van der Waals surface area contributed by atoms with E-state index >= 15 is 0 Å². The van der Waals surface area contributed by atoms with Crippen LogP contribution in [0.2, 0.25) is 0 Å². The number of hydrogen-bond donors (Lipinski definition) is 0. The zero-order valence-electron chi connectivity index (χ0n) is 8.97. The van der Waals surface area contributed by atoms with Crippen LogP contribution in [0.4, 0.5) is 0 Å². The third kappa shape index (κ3) is 3.87. The molecule has 1 unspecified atom stereocenters. The highest BCUT2D eigenvalue weighted by Gasteiger charge is 2.19. The second-order valence-corrected chi connectivity index (χ2v) is 4.61. The van der Waals surface area contributed by atoms with Gasteiger partial charge in [-0.1, -0.05) is 6.92 Å². The van der Waals surface area contributed by atoms with E-state index < -0.39 is 0 Å². The standard InChI is InChI=1S/C11H20ClNO/c1-10-5-4-8-13(9-10)11(14)6-2-3-7-12/h10H,2-9H2,1H3. The Morgan fingerprint density at radius 2 is 2.29 bits per heavy atom. The monoisotopic (exact) mass is 217 g/mol. The van der Waals surface area contributed by atoms with Crippen LogP contribution >= 0.6 is 11.6 Å². The van der Waals surface area contributed by atoms with Crippen molar-refractivity contribution in [3.8, 4) is 0 Å². The van der Waals surface area contributed by atoms with Crippen molar-refractivity contribution in [2.24, 2.45) is 5.92 Å². The first-order chi connectivity index (χ1) is 6.74. The molecule has 1 fully saturated rings. The summed E-state index contributed by atoms with van der Waals surface area (Å²) in [6.45, 7) is 4.14. The van der Waals surface area contributed by atoms with E-state index in [1.807, 2.05) is 4.90 Å². The normalized spacial score (nSPS) is 22.4. The molecule has 1 aliphatic heterocycles. The molecule has 0 spiro atoms. The minimum Gasteiger partial charge on any atom is -0.342 e. The summed E-state index contributed by atoms with van der Waals surface area (Å²) in [6, 6.07) is 0. The van der Waals surface area contributed by atoms with Crippen LogP contribution in [-0.2, 0) is 4.79 Å². The second kappa shape index (κ2) is 6.28. The molecule has 0 aromatic carbocycles. The van der Waals surface area contributed by atoms with Crippen molar-refractivity contribution in [1.82, 2.24) is 4.90 Å². The van der Waals surface area contributed by atoms with Gasteiger partial charge in [0.15, 0.2) is 0 Å². The lowest BCUT2D eigenvalue weighted by Gasteiger charge is -2.31. The average Bonchev–Trinajstić information content (AvgIpc) is 2.18. The third-order valence-electron chi connectivity index (χ3n) is 2.78. The molecule has 1 heterocycles. The minimum absolute atomic E-state index is 0.321. The van der Waals surface area contributed by atoms with Crippen LogP contribution in [0.25, 0.3) is 0 Å². The van der Waals surface area contributed by atoms with Gasteiger partial charge in [-0.15, -0.1) is 11.6 Å². The van der Waals surface area contributed by atoms with Gasteiger partial charge in [-0.2, -0.15) is 0 Å². The van der Waals surface area contributed by atoms with Crippen LogP contribution < -0.4 is 0 Å². The maximum Gasteiger partial charge on any atom is 0.222 e. The number of alkyl halides is 1. The Morgan fingerprint density at radius 3 is 2.93 bits per heavy atom. The number of likely N-dealkylation sites (tertiary alicyclic amines) is 1. The van der Waals surface area contributed by atoms with E-state index in [0.717, 1.165) is 25.9 Å². The highest BCUT2D eigenvalue weighted by atomic mass is 35.5. The first-order valence-electron chi connectivity index (χ1n) is 5.57. The molecule has 1 aliphatic rings. The highest BCUT2D eigenvalue weighted by Crippen LogP contribution is 2.16. The van der Waals surface area contributed by atoms with Gasteiger partial charge in [-0.3, -0.25) is 4.79 Å². The third-order valence-corrected chi connectivity index (χ3v) is 3.05. The van der Waals surface area contributed by atoms with Crippen molar-refractivity contribution in [1.29, 1.82) is 0 Å². The van der Waals surface area contributed by atoms with E-state index in [4.69, 9.17) is 11.6 Å². The number of nitrogens with zero attached hydrogens (tertiary/aromatic N) is 1. The largest absolute Gasteiger partial charge is 0.342 e. The number of piperidine rings is 1. The van der Waals surface area contributed by atoms with E-state index in [1.165, 1.54) is 12.8 Å². The Hall–Kier alpha value is -0.240. The summed E-state index contributed by atoms with van der Waals surface area (Å²) >= 11 is 5.57. The highest BCUT2D eigenvalue weighted by molar-refractivity contribution is 6.17. The van der Waals surface area contributed by atoms with Crippen molar-refractivity contribution in [2.45, 2.75) is 39.0 Å². The van der Waals surface area contributed by atoms with E-state index in [9.17, 15) is 4.79 Å². The molecule has 0 aliphatic carbocycles. The molecule has 82 valence electrons. The lowest BCUT2D eigenvalue weighted by atomic mass is 10.00. The van der Waals surface area contributed by atoms with Crippen LogP contribution in [0.15, 0.2) is 0 Å². The fourth-order valence-corrected chi connectivity index (χ4v) is 2.13. The first kappa shape index (κ1) is 11.8. The molecule has 3 heteroatoms. The Balaban J connectivity index is 2.22. The summed E-state index contributed by atoms with van der Waals surface area (Å²) in [6.07, 6.45) is 5.01. The van der Waals surface area contributed by atoms with Crippen LogP contribution in [-0.4, -0.2) is 29.8 Å². The number of rotatable bonds is 4.